The van der Waals surface area contributed by atoms with Crippen LogP contribution in [0.5, 0.6) is 0 Å². The summed E-state index contributed by atoms with van der Waals surface area (Å²) in [5.74, 6) is 4.47. The van der Waals surface area contributed by atoms with Gasteiger partial charge in [0, 0.05) is 0 Å². The quantitative estimate of drug-likeness (QED) is 0.605. The lowest BCUT2D eigenvalue weighted by Crippen LogP contribution is -2.11. The Labute approximate surface area is 97.4 Å². The SMILES string of the molecule is C/C=C/P(C)/C=C\C(C)OC(C)C.CC. The Balaban J connectivity index is 0. The van der Waals surface area contributed by atoms with Crippen LogP contribution in [-0.4, -0.2) is 18.9 Å². The second-order valence-corrected chi connectivity index (χ2v) is 5.31. The van der Waals surface area contributed by atoms with E-state index in [1.54, 1.807) is 0 Å². The zero-order valence-corrected chi connectivity index (χ0v) is 12.2. The largest absolute Gasteiger partial charge is 0.372 e. The second kappa shape index (κ2) is 11.9. The molecule has 0 rings (SSSR count). The highest BCUT2D eigenvalue weighted by Crippen LogP contribution is 2.33. The van der Waals surface area contributed by atoms with Crippen LogP contribution in [0.2, 0.25) is 0 Å². The summed E-state index contributed by atoms with van der Waals surface area (Å²) in [6.45, 7) is 14.5. The summed E-state index contributed by atoms with van der Waals surface area (Å²) in [7, 11) is -0.0793. The van der Waals surface area contributed by atoms with Crippen LogP contribution < -0.4 is 0 Å². The van der Waals surface area contributed by atoms with E-state index in [1.165, 1.54) is 0 Å². The average Bonchev–Trinajstić information content (AvgIpc) is 2.17. The Bertz CT molecular complexity index is 173. The molecule has 0 aromatic carbocycles. The molecule has 0 spiro atoms. The summed E-state index contributed by atoms with van der Waals surface area (Å²) >= 11 is 0. The van der Waals surface area contributed by atoms with E-state index in [4.69, 9.17) is 4.74 Å². The van der Waals surface area contributed by atoms with Crippen LogP contribution >= 0.6 is 7.92 Å². The Morgan fingerprint density at radius 1 is 1.07 bits per heavy atom. The van der Waals surface area contributed by atoms with Crippen molar-refractivity contribution < 1.29 is 4.74 Å². The molecule has 2 atom stereocenters. The van der Waals surface area contributed by atoms with E-state index in [2.05, 4.69) is 58.1 Å². The number of allylic oxidation sites excluding steroid dienone is 1. The van der Waals surface area contributed by atoms with Gasteiger partial charge >= 0.3 is 0 Å². The number of hydrogen-bond donors (Lipinski definition) is 0. The topological polar surface area (TPSA) is 9.23 Å². The fourth-order valence-corrected chi connectivity index (χ4v) is 2.10. The van der Waals surface area contributed by atoms with Crippen molar-refractivity contribution in [2.45, 2.75) is 53.8 Å². The molecule has 0 aliphatic carbocycles. The lowest BCUT2D eigenvalue weighted by molar-refractivity contribution is 0.0462. The van der Waals surface area contributed by atoms with E-state index in [1.807, 2.05) is 13.8 Å². The third-order valence-corrected chi connectivity index (χ3v) is 2.87. The maximum absolute atomic E-state index is 5.58. The lowest BCUT2D eigenvalue weighted by atomic mass is 10.4. The van der Waals surface area contributed by atoms with Gasteiger partial charge in [-0.05, 0) is 34.4 Å². The summed E-state index contributed by atoms with van der Waals surface area (Å²) in [5.41, 5.74) is 0. The van der Waals surface area contributed by atoms with Gasteiger partial charge in [0.25, 0.3) is 0 Å². The molecule has 0 aliphatic heterocycles. The van der Waals surface area contributed by atoms with E-state index in [0.29, 0.717) is 6.10 Å². The molecule has 2 heteroatoms. The molecule has 0 aromatic heterocycles. The minimum Gasteiger partial charge on any atom is -0.372 e. The molecule has 2 unspecified atom stereocenters. The maximum Gasteiger partial charge on any atom is 0.0734 e. The van der Waals surface area contributed by atoms with Gasteiger partial charge in [-0.25, -0.2) is 0 Å². The van der Waals surface area contributed by atoms with Crippen molar-refractivity contribution in [2.24, 2.45) is 0 Å². The first-order valence-electron chi connectivity index (χ1n) is 5.74. The Hall–Kier alpha value is -0.130. The van der Waals surface area contributed by atoms with Crippen LogP contribution in [0.25, 0.3) is 0 Å². The van der Waals surface area contributed by atoms with E-state index in [9.17, 15) is 0 Å². The summed E-state index contributed by atoms with van der Waals surface area (Å²) in [6, 6.07) is 0. The molecule has 0 bridgehead atoms. The normalized spacial score (nSPS) is 15.5. The number of rotatable bonds is 5. The Morgan fingerprint density at radius 2 is 1.60 bits per heavy atom. The lowest BCUT2D eigenvalue weighted by Gasteiger charge is -2.12. The van der Waals surface area contributed by atoms with Gasteiger partial charge in [-0.1, -0.05) is 45.6 Å². The molecule has 15 heavy (non-hydrogen) atoms. The molecule has 0 N–H and O–H groups in total. The molecule has 0 saturated carbocycles. The molecule has 0 aromatic rings. The van der Waals surface area contributed by atoms with Crippen molar-refractivity contribution in [3.63, 3.8) is 0 Å². The van der Waals surface area contributed by atoms with Gasteiger partial charge < -0.3 is 4.74 Å². The van der Waals surface area contributed by atoms with Gasteiger partial charge in [0.05, 0.1) is 12.2 Å². The van der Waals surface area contributed by atoms with Gasteiger partial charge in [0.15, 0.2) is 0 Å². The van der Waals surface area contributed by atoms with Crippen LogP contribution in [0, 0.1) is 0 Å². The molecule has 0 radical (unpaired) electrons. The number of ether oxygens (including phenoxy) is 1. The number of hydrogen-bond acceptors (Lipinski definition) is 1. The predicted molar refractivity (Wildman–Crippen MR) is 73.8 cm³/mol. The monoisotopic (exact) mass is 230 g/mol. The first kappa shape index (κ1) is 17.3. The van der Waals surface area contributed by atoms with Gasteiger partial charge in [0.1, 0.15) is 0 Å². The molecule has 1 nitrogen and oxygen atoms in total. The van der Waals surface area contributed by atoms with E-state index < -0.39 is 0 Å². The van der Waals surface area contributed by atoms with Gasteiger partial charge in [-0.2, -0.15) is 0 Å². The third-order valence-electron chi connectivity index (χ3n) is 1.46. The van der Waals surface area contributed by atoms with E-state index in [0.717, 1.165) is 0 Å². The van der Waals surface area contributed by atoms with Gasteiger partial charge in [0.2, 0.25) is 0 Å². The van der Waals surface area contributed by atoms with Crippen molar-refractivity contribution in [2.75, 3.05) is 6.66 Å². The van der Waals surface area contributed by atoms with E-state index >= 15 is 0 Å². The summed E-state index contributed by atoms with van der Waals surface area (Å²) in [4.78, 5) is 0. The zero-order valence-electron chi connectivity index (χ0n) is 11.3. The second-order valence-electron chi connectivity index (χ2n) is 3.38. The van der Waals surface area contributed by atoms with Gasteiger partial charge in [-0.3, -0.25) is 0 Å². The first-order valence-corrected chi connectivity index (χ1v) is 7.67. The molecule has 0 amide bonds. The Morgan fingerprint density at radius 3 is 2.00 bits per heavy atom. The molecule has 0 fully saturated rings. The smallest absolute Gasteiger partial charge is 0.0734 e. The molecule has 90 valence electrons. The predicted octanol–water partition coefficient (Wildman–Crippen LogP) is 4.99. The highest BCUT2D eigenvalue weighted by molar-refractivity contribution is 7.63. The van der Waals surface area contributed by atoms with Crippen molar-refractivity contribution in [1.29, 1.82) is 0 Å². The molecular weight excluding hydrogens is 203 g/mol. The fourth-order valence-electron chi connectivity index (χ4n) is 1.02. The Kier molecular flexibility index (Phi) is 13.7. The van der Waals surface area contributed by atoms with Gasteiger partial charge in [-0.15, -0.1) is 0 Å². The fraction of sp³-hybridized carbons (Fsp3) is 0.692. The van der Waals surface area contributed by atoms with E-state index in [-0.39, 0.29) is 14.0 Å². The summed E-state index contributed by atoms with van der Waals surface area (Å²) in [5, 5.41) is 0. The first-order chi connectivity index (χ1) is 7.06. The van der Waals surface area contributed by atoms with Crippen LogP contribution in [0.3, 0.4) is 0 Å². The van der Waals surface area contributed by atoms with Crippen molar-refractivity contribution in [3.05, 3.63) is 23.8 Å². The average molecular weight is 230 g/mol. The van der Waals surface area contributed by atoms with Crippen LogP contribution in [0.1, 0.15) is 41.5 Å². The van der Waals surface area contributed by atoms with Crippen LogP contribution in [0.4, 0.5) is 0 Å². The molecular formula is C13H27OP. The molecule has 0 saturated heterocycles. The van der Waals surface area contributed by atoms with Crippen LogP contribution in [0.15, 0.2) is 23.8 Å². The highest BCUT2D eigenvalue weighted by atomic mass is 31.1. The van der Waals surface area contributed by atoms with Crippen LogP contribution in [-0.2, 0) is 4.74 Å². The molecule has 0 heterocycles. The maximum atomic E-state index is 5.58. The summed E-state index contributed by atoms with van der Waals surface area (Å²) < 4.78 is 5.58. The van der Waals surface area contributed by atoms with Crippen molar-refractivity contribution in [1.82, 2.24) is 0 Å². The minimum absolute atomic E-state index is 0.0793. The third kappa shape index (κ3) is 13.9. The highest BCUT2D eigenvalue weighted by Gasteiger charge is 1.99. The van der Waals surface area contributed by atoms with Crippen molar-refractivity contribution >= 4 is 7.92 Å². The zero-order chi connectivity index (χ0) is 12.3. The van der Waals surface area contributed by atoms with Crippen molar-refractivity contribution in [3.8, 4) is 0 Å². The summed E-state index contributed by atoms with van der Waals surface area (Å²) in [6.07, 6.45) is 4.79. The standard InChI is InChI=1S/C11H21OP.C2H6/c1-6-8-13(5)9-7-11(4)12-10(2)3;1-2/h6-11H,1-5H3;1-2H3/b8-6+,9-7-;. The minimum atomic E-state index is -0.0793. The molecule has 0 aliphatic rings.